The summed E-state index contributed by atoms with van der Waals surface area (Å²) in [6.45, 7) is 8.87. The van der Waals surface area contributed by atoms with E-state index in [2.05, 4.69) is 15.3 Å². The lowest BCUT2D eigenvalue weighted by atomic mass is 10.2. The molecule has 0 saturated carbocycles. The summed E-state index contributed by atoms with van der Waals surface area (Å²) in [5.41, 5.74) is 0.981. The average Bonchev–Trinajstić information content (AvgIpc) is 2.32. The first kappa shape index (κ1) is 17.2. The number of hydrogen-bond donors (Lipinski definition) is 1. The number of nitrogens with zero attached hydrogens (tertiary/aromatic N) is 2. The van der Waals surface area contributed by atoms with Crippen molar-refractivity contribution in [2.24, 2.45) is 0 Å². The van der Waals surface area contributed by atoms with E-state index in [0.717, 1.165) is 28.8 Å². The van der Waals surface area contributed by atoms with Crippen LogP contribution in [0.3, 0.4) is 0 Å². The molecule has 0 spiro atoms. The minimum atomic E-state index is -2.93. The number of anilines is 1. The molecule has 1 aromatic rings. The molecule has 0 aliphatic rings. The summed E-state index contributed by atoms with van der Waals surface area (Å²) >= 11 is 1.48. The van der Waals surface area contributed by atoms with Crippen LogP contribution in [-0.2, 0) is 9.84 Å². The zero-order valence-electron chi connectivity index (χ0n) is 12.7. The molecule has 0 unspecified atom stereocenters. The van der Waals surface area contributed by atoms with Gasteiger partial charge >= 0.3 is 0 Å². The fraction of sp³-hybridized carbons (Fsp3) is 0.692. The van der Waals surface area contributed by atoms with Crippen LogP contribution < -0.4 is 5.32 Å². The van der Waals surface area contributed by atoms with E-state index in [0.29, 0.717) is 5.75 Å². The Balaban J connectivity index is 2.98. The van der Waals surface area contributed by atoms with Crippen LogP contribution in [0.1, 0.15) is 38.1 Å². The van der Waals surface area contributed by atoms with Gasteiger partial charge in [-0.1, -0.05) is 13.8 Å². The zero-order chi connectivity index (χ0) is 15.3. The fourth-order valence-electron chi connectivity index (χ4n) is 1.54. The second-order valence-corrected chi connectivity index (χ2v) is 8.37. The quantitative estimate of drug-likeness (QED) is 0.615. The van der Waals surface area contributed by atoms with Crippen molar-refractivity contribution < 1.29 is 8.42 Å². The smallest absolute Gasteiger partial charge is 0.148 e. The van der Waals surface area contributed by atoms with Crippen molar-refractivity contribution in [1.82, 2.24) is 9.97 Å². The van der Waals surface area contributed by atoms with Crippen LogP contribution in [0.2, 0.25) is 0 Å². The van der Waals surface area contributed by atoms with Crippen LogP contribution in [0.5, 0.6) is 0 Å². The van der Waals surface area contributed by atoms with Gasteiger partial charge in [-0.25, -0.2) is 18.4 Å². The second kappa shape index (κ2) is 7.26. The molecule has 1 aromatic heterocycles. The molecule has 1 N–H and O–H groups in total. The summed E-state index contributed by atoms with van der Waals surface area (Å²) in [5, 5.41) is 4.10. The molecule has 0 bridgehead atoms. The van der Waals surface area contributed by atoms with E-state index in [-0.39, 0.29) is 11.7 Å². The van der Waals surface area contributed by atoms with E-state index in [1.54, 1.807) is 0 Å². The molecular formula is C13H23N3O2S2. The van der Waals surface area contributed by atoms with Gasteiger partial charge < -0.3 is 5.32 Å². The standard InChI is InChI=1S/C13H23N3O2S2/c1-6-14-12-10(4)13(16-11(15-12)9(2)3)19-7-8-20(5,17)18/h9H,6-8H2,1-5H3,(H,14,15,16). The minimum Gasteiger partial charge on any atom is -0.370 e. The predicted octanol–water partition coefficient (Wildman–Crippen LogP) is 2.48. The second-order valence-electron chi connectivity index (χ2n) is 5.02. The molecule has 0 amide bonds. The van der Waals surface area contributed by atoms with Gasteiger partial charge in [0.05, 0.1) is 5.75 Å². The van der Waals surface area contributed by atoms with Crippen LogP contribution in [0, 0.1) is 6.92 Å². The molecule has 0 atom stereocenters. The van der Waals surface area contributed by atoms with E-state index in [4.69, 9.17) is 0 Å². The van der Waals surface area contributed by atoms with Gasteiger partial charge in [0.15, 0.2) is 0 Å². The molecule has 5 nitrogen and oxygen atoms in total. The van der Waals surface area contributed by atoms with Crippen molar-refractivity contribution in [3.63, 3.8) is 0 Å². The summed E-state index contributed by atoms with van der Waals surface area (Å²) in [6, 6.07) is 0. The molecule has 114 valence electrons. The number of aromatic nitrogens is 2. The van der Waals surface area contributed by atoms with Crippen molar-refractivity contribution in [3.8, 4) is 0 Å². The van der Waals surface area contributed by atoms with Gasteiger partial charge in [-0.2, -0.15) is 0 Å². The van der Waals surface area contributed by atoms with E-state index >= 15 is 0 Å². The van der Waals surface area contributed by atoms with Crippen molar-refractivity contribution in [3.05, 3.63) is 11.4 Å². The third kappa shape index (κ3) is 5.28. The Bertz CT molecular complexity index is 557. The van der Waals surface area contributed by atoms with Gasteiger partial charge in [0.1, 0.15) is 26.5 Å². The van der Waals surface area contributed by atoms with Crippen LogP contribution in [0.15, 0.2) is 5.03 Å². The van der Waals surface area contributed by atoms with E-state index in [9.17, 15) is 8.42 Å². The van der Waals surface area contributed by atoms with Crippen molar-refractivity contribution in [2.75, 3.05) is 29.6 Å². The molecule has 20 heavy (non-hydrogen) atoms. The largest absolute Gasteiger partial charge is 0.370 e. The summed E-state index contributed by atoms with van der Waals surface area (Å²) in [4.78, 5) is 9.08. The number of thioether (sulfide) groups is 1. The van der Waals surface area contributed by atoms with E-state index in [1.165, 1.54) is 18.0 Å². The summed E-state index contributed by atoms with van der Waals surface area (Å²) in [7, 11) is -2.93. The number of nitrogens with one attached hydrogen (secondary N) is 1. The van der Waals surface area contributed by atoms with Crippen molar-refractivity contribution in [1.29, 1.82) is 0 Å². The normalized spacial score (nSPS) is 11.9. The van der Waals surface area contributed by atoms with Crippen LogP contribution in [-0.4, -0.2) is 42.7 Å². The Morgan fingerprint density at radius 2 is 1.95 bits per heavy atom. The van der Waals surface area contributed by atoms with E-state index in [1.807, 2.05) is 27.7 Å². The Labute approximate surface area is 125 Å². The highest BCUT2D eigenvalue weighted by Gasteiger charge is 2.14. The van der Waals surface area contributed by atoms with Crippen molar-refractivity contribution in [2.45, 2.75) is 38.6 Å². The highest BCUT2D eigenvalue weighted by atomic mass is 32.2. The first-order chi connectivity index (χ1) is 9.24. The van der Waals surface area contributed by atoms with Gasteiger partial charge in [0, 0.05) is 30.0 Å². The fourth-order valence-corrected chi connectivity index (χ4v) is 3.75. The van der Waals surface area contributed by atoms with E-state index < -0.39 is 9.84 Å². The third-order valence-electron chi connectivity index (χ3n) is 2.67. The Hall–Kier alpha value is -0.820. The minimum absolute atomic E-state index is 0.161. The zero-order valence-corrected chi connectivity index (χ0v) is 14.4. The van der Waals surface area contributed by atoms with Gasteiger partial charge in [0.2, 0.25) is 0 Å². The molecular weight excluding hydrogens is 294 g/mol. The lowest BCUT2D eigenvalue weighted by molar-refractivity contribution is 0.603. The summed E-state index contributed by atoms with van der Waals surface area (Å²) < 4.78 is 22.4. The monoisotopic (exact) mass is 317 g/mol. The molecule has 0 saturated heterocycles. The first-order valence-electron chi connectivity index (χ1n) is 6.67. The molecule has 0 aromatic carbocycles. The lowest BCUT2D eigenvalue weighted by Gasteiger charge is -2.14. The molecule has 0 fully saturated rings. The lowest BCUT2D eigenvalue weighted by Crippen LogP contribution is -2.10. The number of rotatable bonds is 7. The maximum Gasteiger partial charge on any atom is 0.148 e. The van der Waals surface area contributed by atoms with Crippen LogP contribution in [0.25, 0.3) is 0 Å². The van der Waals surface area contributed by atoms with Crippen LogP contribution in [0.4, 0.5) is 5.82 Å². The molecule has 0 aliphatic heterocycles. The Morgan fingerprint density at radius 3 is 2.45 bits per heavy atom. The molecule has 0 aliphatic carbocycles. The number of hydrogen-bond acceptors (Lipinski definition) is 6. The highest BCUT2D eigenvalue weighted by molar-refractivity contribution is 8.00. The Kier molecular flexibility index (Phi) is 6.26. The highest BCUT2D eigenvalue weighted by Crippen LogP contribution is 2.27. The molecule has 7 heteroatoms. The third-order valence-corrected chi connectivity index (χ3v) is 4.96. The first-order valence-corrected chi connectivity index (χ1v) is 9.72. The predicted molar refractivity (Wildman–Crippen MR) is 85.5 cm³/mol. The molecule has 1 rings (SSSR count). The average molecular weight is 317 g/mol. The molecule has 1 heterocycles. The van der Waals surface area contributed by atoms with Crippen molar-refractivity contribution >= 4 is 27.4 Å². The maximum absolute atomic E-state index is 11.2. The number of sulfone groups is 1. The van der Waals surface area contributed by atoms with Gasteiger partial charge in [-0.15, -0.1) is 11.8 Å². The Morgan fingerprint density at radius 1 is 1.30 bits per heavy atom. The SMILES string of the molecule is CCNc1nc(C(C)C)nc(SCCS(C)(=O)=O)c1C. The summed E-state index contributed by atoms with van der Waals surface area (Å²) in [6.07, 6.45) is 1.25. The summed E-state index contributed by atoms with van der Waals surface area (Å²) in [5.74, 6) is 2.54. The maximum atomic E-state index is 11.2. The van der Waals surface area contributed by atoms with Gasteiger partial charge in [-0.05, 0) is 13.8 Å². The van der Waals surface area contributed by atoms with Gasteiger partial charge in [-0.3, -0.25) is 0 Å². The van der Waals surface area contributed by atoms with Crippen LogP contribution >= 0.6 is 11.8 Å². The topological polar surface area (TPSA) is 72.0 Å². The van der Waals surface area contributed by atoms with Gasteiger partial charge in [0.25, 0.3) is 0 Å². The molecule has 0 radical (unpaired) electrons.